The summed E-state index contributed by atoms with van der Waals surface area (Å²) in [5.41, 5.74) is 3.79. The van der Waals surface area contributed by atoms with Crippen molar-refractivity contribution in [3.63, 3.8) is 0 Å². The van der Waals surface area contributed by atoms with Gasteiger partial charge in [-0.3, -0.25) is 0 Å². The van der Waals surface area contributed by atoms with Crippen molar-refractivity contribution in [2.75, 3.05) is 26.7 Å². The second kappa shape index (κ2) is 9.61. The molecule has 1 N–H and O–H groups in total. The zero-order valence-electron chi connectivity index (χ0n) is 17.6. The summed E-state index contributed by atoms with van der Waals surface area (Å²) >= 11 is 12.3. The first-order chi connectivity index (χ1) is 14.5. The van der Waals surface area contributed by atoms with Gasteiger partial charge in [0.2, 0.25) is 0 Å². The number of aromatic nitrogens is 1. The third-order valence-corrected chi connectivity index (χ3v) is 6.78. The highest BCUT2D eigenvalue weighted by molar-refractivity contribution is 6.35. The SMILES string of the molecule is CN(CCc1c(COc2ccc(Cl)cc2Cl)n(C)c2ccccc12)C1CCNCC1. The molecule has 0 bridgehead atoms. The van der Waals surface area contributed by atoms with Crippen LogP contribution >= 0.6 is 23.2 Å². The summed E-state index contributed by atoms with van der Waals surface area (Å²) in [6, 6.07) is 14.6. The van der Waals surface area contributed by atoms with Crippen molar-refractivity contribution < 1.29 is 4.74 Å². The third kappa shape index (κ3) is 4.62. The van der Waals surface area contributed by atoms with Crippen molar-refractivity contribution in [3.05, 3.63) is 63.8 Å². The molecule has 0 aliphatic carbocycles. The van der Waals surface area contributed by atoms with E-state index in [9.17, 15) is 0 Å². The standard InChI is InChI=1S/C24H29Cl2N3O/c1-28(18-9-12-27-13-10-18)14-11-20-19-5-3-4-6-22(19)29(2)23(20)16-30-24-8-7-17(25)15-21(24)26/h3-8,15,18,27H,9-14,16H2,1-2H3. The van der Waals surface area contributed by atoms with Crippen LogP contribution in [0.2, 0.25) is 10.0 Å². The number of aryl methyl sites for hydroxylation is 1. The molecule has 0 spiro atoms. The van der Waals surface area contributed by atoms with Gasteiger partial charge < -0.3 is 19.5 Å². The Balaban J connectivity index is 1.56. The number of benzene rings is 2. The number of piperidine rings is 1. The topological polar surface area (TPSA) is 29.4 Å². The van der Waals surface area contributed by atoms with Crippen LogP contribution in [0.4, 0.5) is 0 Å². The third-order valence-electron chi connectivity index (χ3n) is 6.25. The van der Waals surface area contributed by atoms with Crippen molar-refractivity contribution in [1.29, 1.82) is 0 Å². The molecule has 2 heterocycles. The number of para-hydroxylation sites is 1. The molecule has 0 amide bonds. The number of hydrogen-bond donors (Lipinski definition) is 1. The van der Waals surface area contributed by atoms with Crippen LogP contribution in [0.1, 0.15) is 24.1 Å². The average molecular weight is 446 g/mol. The number of hydrogen-bond acceptors (Lipinski definition) is 3. The minimum atomic E-state index is 0.471. The van der Waals surface area contributed by atoms with Crippen LogP contribution in [0, 0.1) is 0 Å². The molecule has 0 unspecified atom stereocenters. The highest BCUT2D eigenvalue weighted by Gasteiger charge is 2.20. The fourth-order valence-electron chi connectivity index (χ4n) is 4.44. The van der Waals surface area contributed by atoms with Crippen LogP contribution in [0.25, 0.3) is 10.9 Å². The van der Waals surface area contributed by atoms with Crippen LogP contribution in [0.5, 0.6) is 5.75 Å². The van der Waals surface area contributed by atoms with Crippen LogP contribution in [0.3, 0.4) is 0 Å². The van der Waals surface area contributed by atoms with Crippen molar-refractivity contribution in [2.45, 2.75) is 31.9 Å². The molecule has 4 nitrogen and oxygen atoms in total. The summed E-state index contributed by atoms with van der Waals surface area (Å²) in [5.74, 6) is 0.657. The Kier molecular flexibility index (Phi) is 6.89. The largest absolute Gasteiger partial charge is 0.486 e. The second-order valence-electron chi connectivity index (χ2n) is 8.08. The summed E-state index contributed by atoms with van der Waals surface area (Å²) in [7, 11) is 4.37. The summed E-state index contributed by atoms with van der Waals surface area (Å²) in [6.07, 6.45) is 3.43. The van der Waals surface area contributed by atoms with Crippen molar-refractivity contribution in [2.24, 2.45) is 7.05 Å². The molecule has 3 aromatic rings. The molecule has 1 aromatic heterocycles. The van der Waals surface area contributed by atoms with E-state index in [0.29, 0.717) is 28.4 Å². The Morgan fingerprint density at radius 3 is 2.67 bits per heavy atom. The van der Waals surface area contributed by atoms with Crippen molar-refractivity contribution in [3.8, 4) is 5.75 Å². The summed E-state index contributed by atoms with van der Waals surface area (Å²) < 4.78 is 8.37. The number of nitrogens with zero attached hydrogens (tertiary/aromatic N) is 2. The fraction of sp³-hybridized carbons (Fsp3) is 0.417. The first kappa shape index (κ1) is 21.5. The Hall–Kier alpha value is -1.72. The molecule has 0 saturated carbocycles. The molecule has 0 radical (unpaired) electrons. The molecule has 1 aliphatic rings. The monoisotopic (exact) mass is 445 g/mol. The molecule has 160 valence electrons. The van der Waals surface area contributed by atoms with Gasteiger partial charge in [0.25, 0.3) is 0 Å². The summed E-state index contributed by atoms with van der Waals surface area (Å²) in [4.78, 5) is 2.52. The van der Waals surface area contributed by atoms with E-state index in [-0.39, 0.29) is 0 Å². The predicted octanol–water partition coefficient (Wildman–Crippen LogP) is 5.29. The van der Waals surface area contributed by atoms with E-state index in [2.05, 4.69) is 53.1 Å². The number of nitrogens with one attached hydrogen (secondary N) is 1. The van der Waals surface area contributed by atoms with Gasteiger partial charge in [-0.05, 0) is 69.2 Å². The van der Waals surface area contributed by atoms with Gasteiger partial charge in [-0.2, -0.15) is 0 Å². The normalized spacial score (nSPS) is 15.2. The van der Waals surface area contributed by atoms with Crippen LogP contribution in [-0.4, -0.2) is 42.2 Å². The quantitative estimate of drug-likeness (QED) is 0.535. The molecule has 1 fully saturated rings. The molecule has 0 atom stereocenters. The minimum absolute atomic E-state index is 0.471. The molecule has 30 heavy (non-hydrogen) atoms. The predicted molar refractivity (Wildman–Crippen MR) is 126 cm³/mol. The molecule has 4 rings (SSSR count). The van der Waals surface area contributed by atoms with Gasteiger partial charge in [0.05, 0.1) is 10.7 Å². The highest BCUT2D eigenvalue weighted by atomic mass is 35.5. The number of likely N-dealkylation sites (N-methyl/N-ethyl adjacent to an activating group) is 1. The van der Waals surface area contributed by atoms with Crippen LogP contribution < -0.4 is 10.1 Å². The van der Waals surface area contributed by atoms with E-state index in [1.54, 1.807) is 12.1 Å². The van der Waals surface area contributed by atoms with Gasteiger partial charge in [-0.15, -0.1) is 0 Å². The number of rotatable bonds is 7. The molecule has 2 aromatic carbocycles. The molecular weight excluding hydrogens is 417 g/mol. The average Bonchev–Trinajstić information content (AvgIpc) is 3.03. The Morgan fingerprint density at radius 1 is 1.13 bits per heavy atom. The number of halogens is 2. The van der Waals surface area contributed by atoms with Gasteiger partial charge in [-0.25, -0.2) is 0 Å². The maximum atomic E-state index is 6.31. The lowest BCUT2D eigenvalue weighted by Gasteiger charge is -2.31. The van der Waals surface area contributed by atoms with Crippen molar-refractivity contribution in [1.82, 2.24) is 14.8 Å². The maximum absolute atomic E-state index is 6.31. The number of fused-ring (bicyclic) bond motifs is 1. The Morgan fingerprint density at radius 2 is 1.90 bits per heavy atom. The van der Waals surface area contributed by atoms with E-state index in [1.165, 1.54) is 35.0 Å². The fourth-order valence-corrected chi connectivity index (χ4v) is 4.91. The van der Waals surface area contributed by atoms with E-state index < -0.39 is 0 Å². The second-order valence-corrected chi connectivity index (χ2v) is 8.92. The van der Waals surface area contributed by atoms with Crippen molar-refractivity contribution >= 4 is 34.1 Å². The lowest BCUT2D eigenvalue weighted by molar-refractivity contribution is 0.201. The first-order valence-electron chi connectivity index (χ1n) is 10.6. The van der Waals surface area contributed by atoms with E-state index in [4.69, 9.17) is 27.9 Å². The summed E-state index contributed by atoms with van der Waals surface area (Å²) in [6.45, 7) is 3.74. The van der Waals surface area contributed by atoms with Gasteiger partial charge in [0.15, 0.2) is 0 Å². The number of ether oxygens (including phenoxy) is 1. The van der Waals surface area contributed by atoms with E-state index in [1.807, 2.05) is 6.07 Å². The highest BCUT2D eigenvalue weighted by Crippen LogP contribution is 2.31. The molecular formula is C24H29Cl2N3O. The van der Waals surface area contributed by atoms with E-state index >= 15 is 0 Å². The van der Waals surface area contributed by atoms with Gasteiger partial charge in [0, 0.05) is 35.6 Å². The minimum Gasteiger partial charge on any atom is -0.486 e. The molecule has 6 heteroatoms. The summed E-state index contributed by atoms with van der Waals surface area (Å²) in [5, 5.41) is 5.91. The Bertz CT molecular complexity index is 1010. The zero-order valence-corrected chi connectivity index (χ0v) is 19.1. The van der Waals surface area contributed by atoms with Crippen LogP contribution in [-0.2, 0) is 20.1 Å². The lowest BCUT2D eigenvalue weighted by atomic mass is 10.0. The molecule has 1 saturated heterocycles. The smallest absolute Gasteiger partial charge is 0.138 e. The molecule has 1 aliphatic heterocycles. The van der Waals surface area contributed by atoms with Gasteiger partial charge >= 0.3 is 0 Å². The zero-order chi connectivity index (χ0) is 21.1. The van der Waals surface area contributed by atoms with Crippen LogP contribution in [0.15, 0.2) is 42.5 Å². The lowest BCUT2D eigenvalue weighted by Crippen LogP contribution is -2.41. The maximum Gasteiger partial charge on any atom is 0.138 e. The van der Waals surface area contributed by atoms with Gasteiger partial charge in [0.1, 0.15) is 12.4 Å². The van der Waals surface area contributed by atoms with Gasteiger partial charge in [-0.1, -0.05) is 41.4 Å². The van der Waals surface area contributed by atoms with E-state index in [0.717, 1.165) is 26.1 Å². The first-order valence-corrected chi connectivity index (χ1v) is 11.3. The Labute approximate surface area is 188 Å².